The van der Waals surface area contributed by atoms with Crippen LogP contribution in [0.1, 0.15) is 15.9 Å². The van der Waals surface area contributed by atoms with Crippen LogP contribution in [0.4, 0.5) is 4.39 Å². The molecule has 0 saturated heterocycles. The molecule has 0 radical (unpaired) electrons. The molecule has 1 N–H and O–H groups in total. The van der Waals surface area contributed by atoms with Crippen LogP contribution in [0.15, 0.2) is 51.4 Å². The maximum atomic E-state index is 12.7. The Bertz CT molecular complexity index is 579. The number of halogens is 3. The molecule has 0 aliphatic rings. The van der Waals surface area contributed by atoms with Crippen LogP contribution in [0.25, 0.3) is 0 Å². The molecule has 2 aromatic rings. The van der Waals surface area contributed by atoms with Gasteiger partial charge in [0.15, 0.2) is 0 Å². The smallest absolute Gasteiger partial charge is 0.251 e. The lowest BCUT2D eigenvalue weighted by Crippen LogP contribution is -2.22. The van der Waals surface area contributed by atoms with Crippen LogP contribution in [0.2, 0.25) is 0 Å². The van der Waals surface area contributed by atoms with Crippen molar-refractivity contribution >= 4 is 37.8 Å². The predicted molar refractivity (Wildman–Crippen MR) is 79.4 cm³/mol. The molecule has 0 aromatic heterocycles. The molecule has 1 amide bonds. The zero-order valence-corrected chi connectivity index (χ0v) is 13.0. The normalized spacial score (nSPS) is 10.3. The Morgan fingerprint density at radius 2 is 1.63 bits per heavy atom. The molecule has 0 atom stereocenters. The molecule has 5 heteroatoms. The van der Waals surface area contributed by atoms with Gasteiger partial charge in [-0.05, 0) is 35.9 Å². The summed E-state index contributed by atoms with van der Waals surface area (Å²) in [6.45, 7) is 0.364. The van der Waals surface area contributed by atoms with Crippen LogP contribution < -0.4 is 5.32 Å². The molecular formula is C14H10Br2FNO. The first-order valence-corrected chi connectivity index (χ1v) is 7.12. The molecule has 0 heterocycles. The summed E-state index contributed by atoms with van der Waals surface area (Å²) in [5.41, 5.74) is 1.41. The number of carbonyl (C=O) groups is 1. The van der Waals surface area contributed by atoms with E-state index in [9.17, 15) is 9.18 Å². The van der Waals surface area contributed by atoms with Crippen molar-refractivity contribution in [1.29, 1.82) is 0 Å². The minimum atomic E-state index is -0.286. The Morgan fingerprint density at radius 3 is 2.21 bits per heavy atom. The first kappa shape index (κ1) is 14.2. The topological polar surface area (TPSA) is 29.1 Å². The Morgan fingerprint density at radius 1 is 1.05 bits per heavy atom. The van der Waals surface area contributed by atoms with Gasteiger partial charge in [0.2, 0.25) is 0 Å². The van der Waals surface area contributed by atoms with Crippen LogP contribution in [0, 0.1) is 5.82 Å². The van der Waals surface area contributed by atoms with Crippen molar-refractivity contribution in [3.8, 4) is 0 Å². The van der Waals surface area contributed by atoms with E-state index in [0.29, 0.717) is 12.1 Å². The molecule has 0 fully saturated rings. The molecule has 0 bridgehead atoms. The van der Waals surface area contributed by atoms with Crippen molar-refractivity contribution < 1.29 is 9.18 Å². The van der Waals surface area contributed by atoms with Gasteiger partial charge in [0.05, 0.1) is 0 Å². The number of rotatable bonds is 3. The van der Waals surface area contributed by atoms with E-state index in [2.05, 4.69) is 37.2 Å². The van der Waals surface area contributed by atoms with E-state index in [0.717, 1.165) is 14.5 Å². The van der Waals surface area contributed by atoms with Gasteiger partial charge in [0.25, 0.3) is 5.91 Å². The van der Waals surface area contributed by atoms with Gasteiger partial charge in [-0.3, -0.25) is 4.79 Å². The van der Waals surface area contributed by atoms with Gasteiger partial charge in [0, 0.05) is 21.1 Å². The highest BCUT2D eigenvalue weighted by Crippen LogP contribution is 2.20. The maximum Gasteiger partial charge on any atom is 0.251 e. The van der Waals surface area contributed by atoms with Crippen LogP contribution in [-0.2, 0) is 6.54 Å². The second-order valence-electron chi connectivity index (χ2n) is 3.97. The van der Waals surface area contributed by atoms with E-state index in [1.807, 2.05) is 6.07 Å². The van der Waals surface area contributed by atoms with Crippen molar-refractivity contribution in [2.45, 2.75) is 6.54 Å². The summed E-state index contributed by atoms with van der Waals surface area (Å²) in [7, 11) is 0. The summed E-state index contributed by atoms with van der Waals surface area (Å²) in [6, 6.07) is 11.4. The maximum absolute atomic E-state index is 12.7. The van der Waals surface area contributed by atoms with E-state index < -0.39 is 0 Å². The number of nitrogens with one attached hydrogen (secondary N) is 1. The lowest BCUT2D eigenvalue weighted by atomic mass is 10.2. The van der Waals surface area contributed by atoms with E-state index >= 15 is 0 Å². The zero-order chi connectivity index (χ0) is 13.8. The van der Waals surface area contributed by atoms with Gasteiger partial charge in [-0.1, -0.05) is 44.0 Å². The van der Waals surface area contributed by atoms with Crippen LogP contribution in [-0.4, -0.2) is 5.91 Å². The number of amides is 1. The van der Waals surface area contributed by atoms with Gasteiger partial charge in [0.1, 0.15) is 5.82 Å². The van der Waals surface area contributed by atoms with E-state index in [1.54, 1.807) is 24.3 Å². The standard InChI is InChI=1S/C14H10Br2FNO/c15-11-5-10(6-12(16)7-11)14(19)18-8-9-1-3-13(17)4-2-9/h1-7H,8H2,(H,18,19). The minimum absolute atomic E-state index is 0.175. The molecule has 0 unspecified atom stereocenters. The first-order chi connectivity index (χ1) is 9.04. The third-order valence-electron chi connectivity index (χ3n) is 2.49. The van der Waals surface area contributed by atoms with Crippen LogP contribution in [0.5, 0.6) is 0 Å². The van der Waals surface area contributed by atoms with Crippen molar-refractivity contribution in [3.63, 3.8) is 0 Å². The molecule has 2 nitrogen and oxygen atoms in total. The van der Waals surface area contributed by atoms with Crippen molar-refractivity contribution in [3.05, 3.63) is 68.4 Å². The van der Waals surface area contributed by atoms with Crippen LogP contribution in [0.3, 0.4) is 0 Å². The third-order valence-corrected chi connectivity index (χ3v) is 3.41. The highest BCUT2D eigenvalue weighted by atomic mass is 79.9. The van der Waals surface area contributed by atoms with Gasteiger partial charge in [-0.25, -0.2) is 4.39 Å². The van der Waals surface area contributed by atoms with Crippen molar-refractivity contribution in [1.82, 2.24) is 5.32 Å². The Balaban J connectivity index is 2.03. The molecule has 98 valence electrons. The quantitative estimate of drug-likeness (QED) is 0.837. The Hall–Kier alpha value is -1.20. The molecule has 19 heavy (non-hydrogen) atoms. The largest absolute Gasteiger partial charge is 0.348 e. The van der Waals surface area contributed by atoms with Crippen LogP contribution >= 0.6 is 31.9 Å². The summed E-state index contributed by atoms with van der Waals surface area (Å²) in [6.07, 6.45) is 0. The molecule has 0 aliphatic carbocycles. The average molecular weight is 387 g/mol. The van der Waals surface area contributed by atoms with Gasteiger partial charge in [-0.2, -0.15) is 0 Å². The summed E-state index contributed by atoms with van der Waals surface area (Å²) in [4.78, 5) is 12.0. The fourth-order valence-corrected chi connectivity index (χ4v) is 2.87. The van der Waals surface area contributed by atoms with Gasteiger partial charge < -0.3 is 5.32 Å². The average Bonchev–Trinajstić information content (AvgIpc) is 2.36. The second kappa shape index (κ2) is 6.30. The Labute approximate surface area is 127 Å². The molecule has 0 aliphatic heterocycles. The second-order valence-corrected chi connectivity index (χ2v) is 5.80. The lowest BCUT2D eigenvalue weighted by Gasteiger charge is -2.06. The van der Waals surface area contributed by atoms with E-state index in [1.165, 1.54) is 12.1 Å². The fraction of sp³-hybridized carbons (Fsp3) is 0.0714. The highest BCUT2D eigenvalue weighted by Gasteiger charge is 2.07. The number of carbonyl (C=O) groups excluding carboxylic acids is 1. The number of hydrogen-bond acceptors (Lipinski definition) is 1. The summed E-state index contributed by atoms with van der Waals surface area (Å²) in [5, 5.41) is 2.79. The molecule has 2 aromatic carbocycles. The zero-order valence-electron chi connectivity index (χ0n) is 9.79. The monoisotopic (exact) mass is 385 g/mol. The summed E-state index contributed by atoms with van der Waals surface area (Å²) >= 11 is 6.67. The number of benzene rings is 2. The third kappa shape index (κ3) is 4.14. The lowest BCUT2D eigenvalue weighted by molar-refractivity contribution is 0.0951. The fourth-order valence-electron chi connectivity index (χ4n) is 1.57. The summed E-state index contributed by atoms with van der Waals surface area (Å²) < 4.78 is 14.4. The predicted octanol–water partition coefficient (Wildman–Crippen LogP) is 4.28. The SMILES string of the molecule is O=C(NCc1ccc(F)cc1)c1cc(Br)cc(Br)c1. The molecule has 0 saturated carbocycles. The summed E-state index contributed by atoms with van der Waals surface area (Å²) in [5.74, 6) is -0.461. The van der Waals surface area contributed by atoms with E-state index in [-0.39, 0.29) is 11.7 Å². The molecule has 0 spiro atoms. The van der Waals surface area contributed by atoms with Gasteiger partial charge in [-0.15, -0.1) is 0 Å². The minimum Gasteiger partial charge on any atom is -0.348 e. The van der Waals surface area contributed by atoms with Crippen molar-refractivity contribution in [2.75, 3.05) is 0 Å². The molecule has 2 rings (SSSR count). The number of hydrogen-bond donors (Lipinski definition) is 1. The Kier molecular flexibility index (Phi) is 4.71. The van der Waals surface area contributed by atoms with E-state index in [4.69, 9.17) is 0 Å². The first-order valence-electron chi connectivity index (χ1n) is 5.53. The van der Waals surface area contributed by atoms with Crippen molar-refractivity contribution in [2.24, 2.45) is 0 Å². The van der Waals surface area contributed by atoms with Gasteiger partial charge >= 0.3 is 0 Å². The molecular weight excluding hydrogens is 377 g/mol. The highest BCUT2D eigenvalue weighted by molar-refractivity contribution is 9.11.